The first-order valence-corrected chi connectivity index (χ1v) is 6.87. The van der Waals surface area contributed by atoms with E-state index in [2.05, 4.69) is 29.1 Å². The van der Waals surface area contributed by atoms with Gasteiger partial charge in [-0.25, -0.2) is 0 Å². The summed E-state index contributed by atoms with van der Waals surface area (Å²) in [7, 11) is 2.09. The first-order valence-electron chi connectivity index (χ1n) is 6.87. The van der Waals surface area contributed by atoms with Gasteiger partial charge in [0.1, 0.15) is 6.10 Å². The Morgan fingerprint density at radius 3 is 2.78 bits per heavy atom. The molecule has 5 nitrogen and oxygen atoms in total. The Morgan fingerprint density at radius 2 is 2.11 bits per heavy atom. The second kappa shape index (κ2) is 4.97. The third-order valence-corrected chi connectivity index (χ3v) is 3.89. The number of rotatable bonds is 3. The summed E-state index contributed by atoms with van der Waals surface area (Å²) in [6, 6.07) is 0. The third-order valence-electron chi connectivity index (χ3n) is 3.89. The van der Waals surface area contributed by atoms with Crippen molar-refractivity contribution in [2.75, 3.05) is 20.1 Å². The minimum Gasteiger partial charge on any atom is -0.422 e. The minimum absolute atomic E-state index is 0.0682. The SMILES string of the molecule is C[C@@H]1CN(C)C[C@H](c2nnc(CC3CCC3)o2)O1. The predicted molar refractivity (Wildman–Crippen MR) is 66.1 cm³/mol. The highest BCUT2D eigenvalue weighted by atomic mass is 16.5. The zero-order valence-corrected chi connectivity index (χ0v) is 11.1. The highest BCUT2D eigenvalue weighted by Crippen LogP contribution is 2.30. The van der Waals surface area contributed by atoms with E-state index in [1.165, 1.54) is 19.3 Å². The van der Waals surface area contributed by atoms with Crippen LogP contribution < -0.4 is 0 Å². The third kappa shape index (κ3) is 2.57. The molecule has 2 heterocycles. The van der Waals surface area contributed by atoms with Gasteiger partial charge in [-0.05, 0) is 32.7 Å². The van der Waals surface area contributed by atoms with Crippen molar-refractivity contribution >= 4 is 0 Å². The van der Waals surface area contributed by atoms with Crippen LogP contribution >= 0.6 is 0 Å². The summed E-state index contributed by atoms with van der Waals surface area (Å²) in [5.41, 5.74) is 0. The molecule has 100 valence electrons. The Hall–Kier alpha value is -0.940. The van der Waals surface area contributed by atoms with Gasteiger partial charge in [0, 0.05) is 19.5 Å². The molecule has 0 bridgehead atoms. The number of nitrogens with zero attached hydrogens (tertiary/aromatic N) is 3. The van der Waals surface area contributed by atoms with Gasteiger partial charge in [-0.2, -0.15) is 0 Å². The number of hydrogen-bond donors (Lipinski definition) is 0. The Bertz CT molecular complexity index is 393. The van der Waals surface area contributed by atoms with Gasteiger partial charge in [0.05, 0.1) is 6.10 Å². The van der Waals surface area contributed by atoms with Crippen LogP contribution in [0.5, 0.6) is 0 Å². The number of morpholine rings is 1. The van der Waals surface area contributed by atoms with Crippen molar-refractivity contribution in [2.45, 2.75) is 44.8 Å². The summed E-state index contributed by atoms with van der Waals surface area (Å²) in [4.78, 5) is 2.24. The molecule has 5 heteroatoms. The molecule has 18 heavy (non-hydrogen) atoms. The molecule has 2 atom stereocenters. The van der Waals surface area contributed by atoms with Crippen LogP contribution in [0, 0.1) is 5.92 Å². The highest BCUT2D eigenvalue weighted by molar-refractivity contribution is 4.92. The lowest BCUT2D eigenvalue weighted by Gasteiger charge is -2.32. The van der Waals surface area contributed by atoms with Crippen LogP contribution in [-0.2, 0) is 11.2 Å². The van der Waals surface area contributed by atoms with E-state index in [0.717, 1.165) is 31.3 Å². The fourth-order valence-electron chi connectivity index (χ4n) is 2.72. The average molecular weight is 251 g/mol. The van der Waals surface area contributed by atoms with E-state index in [0.29, 0.717) is 5.89 Å². The van der Waals surface area contributed by atoms with Crippen LogP contribution in [0.2, 0.25) is 0 Å². The standard InChI is InChI=1S/C13H21N3O2/c1-9-7-16(2)8-11(17-9)13-15-14-12(18-13)6-10-4-3-5-10/h9-11H,3-8H2,1-2H3/t9-,11-/m1/s1. The molecule has 1 saturated carbocycles. The number of hydrogen-bond acceptors (Lipinski definition) is 5. The van der Waals surface area contributed by atoms with Crippen molar-refractivity contribution in [1.82, 2.24) is 15.1 Å². The van der Waals surface area contributed by atoms with Crippen molar-refractivity contribution < 1.29 is 9.15 Å². The lowest BCUT2D eigenvalue weighted by Crippen LogP contribution is -2.40. The topological polar surface area (TPSA) is 51.4 Å². The van der Waals surface area contributed by atoms with Gasteiger partial charge in [0.15, 0.2) is 0 Å². The highest BCUT2D eigenvalue weighted by Gasteiger charge is 2.29. The number of aromatic nitrogens is 2. The van der Waals surface area contributed by atoms with Crippen LogP contribution in [0.15, 0.2) is 4.42 Å². The van der Waals surface area contributed by atoms with E-state index < -0.39 is 0 Å². The Balaban J connectivity index is 1.64. The lowest BCUT2D eigenvalue weighted by molar-refractivity contribution is -0.0826. The molecule has 0 aromatic carbocycles. The molecule has 1 aromatic rings. The first kappa shape index (κ1) is 12.1. The van der Waals surface area contributed by atoms with E-state index in [9.17, 15) is 0 Å². The molecule has 2 aliphatic rings. The quantitative estimate of drug-likeness (QED) is 0.820. The molecular weight excluding hydrogens is 230 g/mol. The molecule has 3 rings (SSSR count). The molecular formula is C13H21N3O2. The maximum Gasteiger partial charge on any atom is 0.246 e. The Kier molecular flexibility index (Phi) is 3.35. The summed E-state index contributed by atoms with van der Waals surface area (Å²) in [5, 5.41) is 8.30. The molecule has 0 amide bonds. The van der Waals surface area contributed by atoms with Gasteiger partial charge in [-0.1, -0.05) is 6.42 Å². The summed E-state index contributed by atoms with van der Waals surface area (Å²) >= 11 is 0. The van der Waals surface area contributed by atoms with E-state index in [1.54, 1.807) is 0 Å². The zero-order valence-electron chi connectivity index (χ0n) is 11.1. The van der Waals surface area contributed by atoms with Crippen LogP contribution in [0.4, 0.5) is 0 Å². The average Bonchev–Trinajstić information content (AvgIpc) is 2.70. The van der Waals surface area contributed by atoms with Crippen molar-refractivity contribution in [3.8, 4) is 0 Å². The molecule has 0 radical (unpaired) electrons. The van der Waals surface area contributed by atoms with Crippen LogP contribution in [0.3, 0.4) is 0 Å². The second-order valence-corrected chi connectivity index (χ2v) is 5.69. The van der Waals surface area contributed by atoms with Crippen LogP contribution in [0.25, 0.3) is 0 Å². The molecule has 1 saturated heterocycles. The first-order chi connectivity index (χ1) is 8.70. The monoisotopic (exact) mass is 251 g/mol. The summed E-state index contributed by atoms with van der Waals surface area (Å²) < 4.78 is 11.6. The fourth-order valence-corrected chi connectivity index (χ4v) is 2.72. The number of likely N-dealkylation sites (N-methyl/N-ethyl adjacent to an activating group) is 1. The van der Waals surface area contributed by atoms with Crippen LogP contribution in [-0.4, -0.2) is 41.3 Å². The summed E-state index contributed by atoms with van der Waals surface area (Å²) in [6.45, 7) is 3.86. The normalized spacial score (nSPS) is 30.3. The minimum atomic E-state index is -0.0682. The maximum atomic E-state index is 5.86. The van der Waals surface area contributed by atoms with Gasteiger partial charge in [0.25, 0.3) is 0 Å². The van der Waals surface area contributed by atoms with Crippen molar-refractivity contribution in [1.29, 1.82) is 0 Å². The van der Waals surface area contributed by atoms with Gasteiger partial charge in [0.2, 0.25) is 11.8 Å². The lowest BCUT2D eigenvalue weighted by atomic mass is 9.83. The van der Waals surface area contributed by atoms with E-state index in [1.807, 2.05) is 0 Å². The molecule has 0 unspecified atom stereocenters. The molecule has 0 N–H and O–H groups in total. The van der Waals surface area contributed by atoms with Crippen molar-refractivity contribution in [3.63, 3.8) is 0 Å². The van der Waals surface area contributed by atoms with Gasteiger partial charge < -0.3 is 14.1 Å². The maximum absolute atomic E-state index is 5.86. The summed E-state index contributed by atoms with van der Waals surface area (Å²) in [5.74, 6) is 2.18. The van der Waals surface area contributed by atoms with E-state index in [4.69, 9.17) is 9.15 Å². The van der Waals surface area contributed by atoms with Gasteiger partial charge in [-0.3, -0.25) is 0 Å². The van der Waals surface area contributed by atoms with Crippen LogP contribution in [0.1, 0.15) is 44.1 Å². The fraction of sp³-hybridized carbons (Fsp3) is 0.846. The molecule has 1 aromatic heterocycles. The smallest absolute Gasteiger partial charge is 0.246 e. The zero-order chi connectivity index (χ0) is 12.5. The second-order valence-electron chi connectivity index (χ2n) is 5.69. The molecule has 1 aliphatic heterocycles. The molecule has 1 aliphatic carbocycles. The van der Waals surface area contributed by atoms with Gasteiger partial charge in [-0.15, -0.1) is 10.2 Å². The van der Waals surface area contributed by atoms with E-state index in [-0.39, 0.29) is 12.2 Å². The Morgan fingerprint density at radius 1 is 1.28 bits per heavy atom. The molecule has 2 fully saturated rings. The largest absolute Gasteiger partial charge is 0.422 e. The van der Waals surface area contributed by atoms with Crippen molar-refractivity contribution in [3.05, 3.63) is 11.8 Å². The van der Waals surface area contributed by atoms with Gasteiger partial charge >= 0.3 is 0 Å². The summed E-state index contributed by atoms with van der Waals surface area (Å²) in [6.07, 6.45) is 5.04. The molecule has 0 spiro atoms. The Labute approximate surface area is 108 Å². The predicted octanol–water partition coefficient (Wildman–Crippen LogP) is 1.80. The van der Waals surface area contributed by atoms with Crippen molar-refractivity contribution in [2.24, 2.45) is 5.92 Å². The van der Waals surface area contributed by atoms with E-state index >= 15 is 0 Å². The number of ether oxygens (including phenoxy) is 1.